The molecule has 138 valence electrons. The van der Waals surface area contributed by atoms with Crippen LogP contribution in [0, 0.1) is 0 Å². The average Bonchev–Trinajstić information content (AvgIpc) is 3.07. The molecule has 0 saturated carbocycles. The molecule has 4 nitrogen and oxygen atoms in total. The second-order valence-electron chi connectivity index (χ2n) is 6.59. The molecule has 0 unspecified atom stereocenters. The molecular weight excluding hydrogens is 354 g/mol. The topological polar surface area (TPSA) is 26.8 Å². The molecule has 25 heavy (non-hydrogen) atoms. The van der Waals surface area contributed by atoms with E-state index in [9.17, 15) is 4.79 Å². The maximum absolute atomic E-state index is 11.2. The smallest absolute Gasteiger partial charge is 0.219 e. The Bertz CT molecular complexity index is 682. The number of unbranched alkanes of at least 4 members (excludes halogenated alkanes) is 1. The van der Waals surface area contributed by atoms with Crippen LogP contribution in [0.3, 0.4) is 0 Å². The summed E-state index contributed by atoms with van der Waals surface area (Å²) in [5, 5.41) is 3.57. The van der Waals surface area contributed by atoms with Gasteiger partial charge in [-0.05, 0) is 43.0 Å². The molecule has 1 fully saturated rings. The summed E-state index contributed by atoms with van der Waals surface area (Å²) in [7, 11) is 1.88. The van der Waals surface area contributed by atoms with E-state index in [1.807, 2.05) is 18.4 Å². The lowest BCUT2D eigenvalue weighted by Gasteiger charge is -2.36. The molecule has 0 aliphatic carbocycles. The van der Waals surface area contributed by atoms with Crippen LogP contribution in [0.5, 0.6) is 0 Å². The van der Waals surface area contributed by atoms with Crippen LogP contribution in [0.15, 0.2) is 29.6 Å². The van der Waals surface area contributed by atoms with Crippen LogP contribution >= 0.6 is 23.7 Å². The van der Waals surface area contributed by atoms with Crippen molar-refractivity contribution in [1.82, 2.24) is 9.80 Å². The highest BCUT2D eigenvalue weighted by atomic mass is 35.5. The second-order valence-corrected chi connectivity index (χ2v) is 7.53. The van der Waals surface area contributed by atoms with Gasteiger partial charge in [0.25, 0.3) is 0 Å². The third kappa shape index (κ3) is 5.09. The van der Waals surface area contributed by atoms with Crippen LogP contribution in [0.1, 0.15) is 19.8 Å². The van der Waals surface area contributed by atoms with Crippen molar-refractivity contribution in [2.45, 2.75) is 19.8 Å². The van der Waals surface area contributed by atoms with Gasteiger partial charge in [0.2, 0.25) is 5.91 Å². The lowest BCUT2D eigenvalue weighted by atomic mass is 10.1. The maximum Gasteiger partial charge on any atom is 0.219 e. The number of nitrogens with zero attached hydrogens (tertiary/aromatic N) is 3. The van der Waals surface area contributed by atoms with Gasteiger partial charge in [-0.25, -0.2) is 0 Å². The van der Waals surface area contributed by atoms with Crippen molar-refractivity contribution >= 4 is 45.4 Å². The fourth-order valence-corrected chi connectivity index (χ4v) is 4.12. The number of carbonyl (C=O) groups is 1. The van der Waals surface area contributed by atoms with Gasteiger partial charge in [0, 0.05) is 62.5 Å². The Kier molecular flexibility index (Phi) is 7.54. The van der Waals surface area contributed by atoms with Gasteiger partial charge in [-0.3, -0.25) is 9.69 Å². The zero-order valence-corrected chi connectivity index (χ0v) is 16.7. The Hall–Kier alpha value is -1.30. The molecule has 1 aliphatic heterocycles. The second kappa shape index (κ2) is 9.41. The molecule has 0 spiro atoms. The van der Waals surface area contributed by atoms with Gasteiger partial charge in [-0.2, -0.15) is 0 Å². The van der Waals surface area contributed by atoms with Crippen molar-refractivity contribution in [2.24, 2.45) is 0 Å². The molecule has 1 aromatic carbocycles. The first-order chi connectivity index (χ1) is 11.6. The van der Waals surface area contributed by atoms with Gasteiger partial charge in [0.15, 0.2) is 0 Å². The molecular formula is C19H28ClN3OS. The molecule has 0 bridgehead atoms. The van der Waals surface area contributed by atoms with E-state index in [-0.39, 0.29) is 18.3 Å². The summed E-state index contributed by atoms with van der Waals surface area (Å²) in [6.07, 6.45) is 2.25. The number of rotatable bonds is 6. The fourth-order valence-electron chi connectivity index (χ4n) is 3.31. The molecule has 0 radical (unpaired) electrons. The molecule has 6 heteroatoms. The van der Waals surface area contributed by atoms with Gasteiger partial charge in [0.05, 0.1) is 0 Å². The number of amides is 1. The molecule has 2 heterocycles. The monoisotopic (exact) mass is 381 g/mol. The lowest BCUT2D eigenvalue weighted by Crippen LogP contribution is -2.46. The molecule has 2 aromatic rings. The van der Waals surface area contributed by atoms with Crippen LogP contribution in [-0.4, -0.2) is 62.0 Å². The van der Waals surface area contributed by atoms with Crippen LogP contribution in [0.4, 0.5) is 5.69 Å². The summed E-state index contributed by atoms with van der Waals surface area (Å²) in [6, 6.07) is 8.87. The highest BCUT2D eigenvalue weighted by molar-refractivity contribution is 7.17. The molecule has 3 rings (SSSR count). The van der Waals surface area contributed by atoms with Crippen LogP contribution in [-0.2, 0) is 4.79 Å². The van der Waals surface area contributed by atoms with Crippen molar-refractivity contribution < 1.29 is 4.79 Å². The third-order valence-electron chi connectivity index (χ3n) is 4.94. The Morgan fingerprint density at radius 2 is 1.92 bits per heavy atom. The first kappa shape index (κ1) is 20.0. The zero-order chi connectivity index (χ0) is 16.9. The minimum absolute atomic E-state index is 0. The summed E-state index contributed by atoms with van der Waals surface area (Å²) in [5.74, 6) is 0.159. The van der Waals surface area contributed by atoms with E-state index in [4.69, 9.17) is 0 Å². The number of anilines is 1. The summed E-state index contributed by atoms with van der Waals surface area (Å²) in [4.78, 5) is 18.1. The lowest BCUT2D eigenvalue weighted by molar-refractivity contribution is -0.127. The van der Waals surface area contributed by atoms with E-state index in [1.54, 1.807) is 11.8 Å². The number of halogens is 1. The minimum Gasteiger partial charge on any atom is -0.368 e. The normalized spacial score (nSPS) is 15.2. The molecule has 1 aromatic heterocycles. The number of carbonyl (C=O) groups excluding carboxylic acids is 1. The van der Waals surface area contributed by atoms with Gasteiger partial charge in [-0.1, -0.05) is 6.07 Å². The highest BCUT2D eigenvalue weighted by Gasteiger charge is 2.18. The van der Waals surface area contributed by atoms with Crippen LogP contribution < -0.4 is 4.90 Å². The first-order valence-electron chi connectivity index (χ1n) is 8.80. The Morgan fingerprint density at radius 1 is 1.16 bits per heavy atom. The SMILES string of the molecule is CC(=O)N(C)CCCCN1CCN(c2cccc3sccc23)CC1.Cl. The highest BCUT2D eigenvalue weighted by Crippen LogP contribution is 2.31. The van der Waals surface area contributed by atoms with E-state index in [2.05, 4.69) is 39.4 Å². The summed E-state index contributed by atoms with van der Waals surface area (Å²) in [6.45, 7) is 8.10. The Balaban J connectivity index is 0.00000225. The quantitative estimate of drug-likeness (QED) is 0.714. The van der Waals surface area contributed by atoms with Crippen LogP contribution in [0.2, 0.25) is 0 Å². The Morgan fingerprint density at radius 3 is 2.64 bits per heavy atom. The number of benzene rings is 1. The molecule has 1 saturated heterocycles. The number of thiophene rings is 1. The number of piperazine rings is 1. The zero-order valence-electron chi connectivity index (χ0n) is 15.1. The summed E-state index contributed by atoms with van der Waals surface area (Å²) < 4.78 is 1.38. The van der Waals surface area contributed by atoms with Crippen molar-refractivity contribution in [3.63, 3.8) is 0 Å². The van der Waals surface area contributed by atoms with Gasteiger partial charge >= 0.3 is 0 Å². The molecule has 0 N–H and O–H groups in total. The molecule has 1 aliphatic rings. The number of hydrogen-bond donors (Lipinski definition) is 0. The number of hydrogen-bond acceptors (Lipinski definition) is 4. The summed E-state index contributed by atoms with van der Waals surface area (Å²) in [5.41, 5.74) is 1.39. The van der Waals surface area contributed by atoms with Crippen LogP contribution in [0.25, 0.3) is 10.1 Å². The third-order valence-corrected chi connectivity index (χ3v) is 5.82. The van der Waals surface area contributed by atoms with Gasteiger partial charge < -0.3 is 9.80 Å². The van der Waals surface area contributed by atoms with E-state index in [0.717, 1.165) is 52.1 Å². The average molecular weight is 382 g/mol. The van der Waals surface area contributed by atoms with Crippen molar-refractivity contribution in [2.75, 3.05) is 51.2 Å². The van der Waals surface area contributed by atoms with Crippen molar-refractivity contribution in [3.8, 4) is 0 Å². The minimum atomic E-state index is 0. The predicted molar refractivity (Wildman–Crippen MR) is 110 cm³/mol. The van der Waals surface area contributed by atoms with Gasteiger partial charge in [-0.15, -0.1) is 23.7 Å². The van der Waals surface area contributed by atoms with E-state index < -0.39 is 0 Å². The van der Waals surface area contributed by atoms with E-state index >= 15 is 0 Å². The van der Waals surface area contributed by atoms with E-state index in [0.29, 0.717) is 0 Å². The van der Waals surface area contributed by atoms with Crippen molar-refractivity contribution in [1.29, 1.82) is 0 Å². The van der Waals surface area contributed by atoms with E-state index in [1.165, 1.54) is 15.8 Å². The largest absolute Gasteiger partial charge is 0.368 e. The summed E-state index contributed by atoms with van der Waals surface area (Å²) >= 11 is 1.82. The molecule has 1 amide bonds. The van der Waals surface area contributed by atoms with Crippen molar-refractivity contribution in [3.05, 3.63) is 29.6 Å². The predicted octanol–water partition coefficient (Wildman–Crippen LogP) is 3.70. The molecule has 0 atom stereocenters. The first-order valence-corrected chi connectivity index (χ1v) is 9.68. The Labute approximate surface area is 160 Å². The van der Waals surface area contributed by atoms with Gasteiger partial charge in [0.1, 0.15) is 0 Å². The fraction of sp³-hybridized carbons (Fsp3) is 0.526. The maximum atomic E-state index is 11.2. The standard InChI is InChI=1S/C19H27N3OS.ClH/c1-16(23)20(2)9-3-4-10-21-11-13-22(14-12-21)18-6-5-7-19-17(18)8-15-24-19;/h5-8,15H,3-4,9-14H2,1-2H3;1H. The number of fused-ring (bicyclic) bond motifs is 1.